The average Bonchev–Trinajstić information content (AvgIpc) is 3.44. The van der Waals surface area contributed by atoms with E-state index in [9.17, 15) is 0 Å². The van der Waals surface area contributed by atoms with Gasteiger partial charge in [-0.1, -0.05) is 141 Å². The fraction of sp³-hybridized carbons (Fsp3) is 0.0600. The Morgan fingerprint density at radius 1 is 0.423 bits per heavy atom. The van der Waals surface area contributed by atoms with Crippen molar-refractivity contribution >= 4 is 49.4 Å². The van der Waals surface area contributed by atoms with Crippen LogP contribution in [0, 0.1) is 0 Å². The van der Waals surface area contributed by atoms with Gasteiger partial charge in [-0.05, 0) is 91.6 Å². The summed E-state index contributed by atoms with van der Waals surface area (Å²) in [5.41, 5.74) is 10.1. The second kappa shape index (κ2) is 13.0. The summed E-state index contributed by atoms with van der Waals surface area (Å²) in [6.45, 7) is 4.72. The second-order valence-corrected chi connectivity index (χ2v) is 14.1. The molecule has 0 amide bonds. The second-order valence-electron chi connectivity index (χ2n) is 14.1. The van der Waals surface area contributed by atoms with Gasteiger partial charge < -0.3 is 4.90 Å². The molecule has 0 saturated carbocycles. The molecular formula is C50H39N2+. The van der Waals surface area contributed by atoms with Crippen molar-refractivity contribution < 1.29 is 4.57 Å². The first-order valence-electron chi connectivity index (χ1n) is 18.0. The molecule has 248 valence electrons. The van der Waals surface area contributed by atoms with Crippen LogP contribution in [0.5, 0.6) is 0 Å². The van der Waals surface area contributed by atoms with E-state index in [1.165, 1.54) is 71.6 Å². The van der Waals surface area contributed by atoms with E-state index < -0.39 is 0 Å². The maximum Gasteiger partial charge on any atom is 0.210 e. The molecule has 1 heterocycles. The standard InChI is InChI=1S/C35H27N.C15H12N/c1-35(2)32-21-17-25-11-8-9-15-30(25)34(32)31-20-19-29(23-33(31)35)36(27-13-4-3-5-14-27)28-18-16-24-10-6-7-12-26(24)22-28;1-2-8-15(9-3-1)16-11-10-13-6-4-5-7-14(13)12-16/h3-23H,1-2H3;1-12H/q;+1. The van der Waals surface area contributed by atoms with Crippen molar-refractivity contribution in [2.45, 2.75) is 19.3 Å². The molecule has 52 heavy (non-hydrogen) atoms. The van der Waals surface area contributed by atoms with Crippen LogP contribution in [-0.2, 0) is 5.41 Å². The average molecular weight is 668 g/mol. The van der Waals surface area contributed by atoms with E-state index in [2.05, 4.69) is 218 Å². The van der Waals surface area contributed by atoms with Gasteiger partial charge in [-0.3, -0.25) is 0 Å². The van der Waals surface area contributed by atoms with Crippen molar-refractivity contribution in [3.63, 3.8) is 0 Å². The maximum absolute atomic E-state index is 2.41. The summed E-state index contributed by atoms with van der Waals surface area (Å²) in [6, 6.07) is 67.3. The van der Waals surface area contributed by atoms with E-state index in [1.54, 1.807) is 0 Å². The van der Waals surface area contributed by atoms with E-state index >= 15 is 0 Å². The Morgan fingerprint density at radius 2 is 1.00 bits per heavy atom. The third kappa shape index (κ3) is 5.59. The van der Waals surface area contributed by atoms with Gasteiger partial charge in [0.05, 0.1) is 0 Å². The SMILES string of the molecule is CC1(C)c2cc(N(c3ccccc3)c3ccc4ccccc4c3)ccc2-c2c1ccc1ccccc21.c1ccc(-[n+]2ccc3ccccc3c2)cc1. The Morgan fingerprint density at radius 3 is 1.77 bits per heavy atom. The number of fused-ring (bicyclic) bond motifs is 7. The van der Waals surface area contributed by atoms with E-state index in [1.807, 2.05) is 6.07 Å². The zero-order valence-electron chi connectivity index (χ0n) is 29.4. The van der Waals surface area contributed by atoms with Crippen LogP contribution in [0.1, 0.15) is 25.0 Å². The van der Waals surface area contributed by atoms with Gasteiger partial charge in [-0.25, -0.2) is 0 Å². The molecule has 2 nitrogen and oxygen atoms in total. The van der Waals surface area contributed by atoms with E-state index in [0.717, 1.165) is 5.69 Å². The molecule has 9 aromatic rings. The first kappa shape index (κ1) is 31.5. The first-order chi connectivity index (χ1) is 25.5. The van der Waals surface area contributed by atoms with Gasteiger partial charge in [-0.15, -0.1) is 0 Å². The van der Waals surface area contributed by atoms with Crippen LogP contribution >= 0.6 is 0 Å². The minimum atomic E-state index is -0.0730. The normalized spacial score (nSPS) is 12.6. The number of anilines is 3. The number of nitrogens with zero attached hydrogens (tertiary/aromatic N) is 2. The molecule has 0 atom stereocenters. The molecule has 0 unspecified atom stereocenters. The molecule has 0 aliphatic heterocycles. The van der Waals surface area contributed by atoms with Crippen LogP contribution in [0.2, 0.25) is 0 Å². The summed E-state index contributed by atoms with van der Waals surface area (Å²) in [7, 11) is 0. The van der Waals surface area contributed by atoms with E-state index in [-0.39, 0.29) is 5.41 Å². The van der Waals surface area contributed by atoms with Crippen LogP contribution in [0.4, 0.5) is 17.1 Å². The first-order valence-corrected chi connectivity index (χ1v) is 18.0. The van der Waals surface area contributed by atoms with E-state index in [4.69, 9.17) is 0 Å². The molecule has 1 aliphatic carbocycles. The van der Waals surface area contributed by atoms with Crippen molar-refractivity contribution in [1.82, 2.24) is 0 Å². The van der Waals surface area contributed by atoms with Crippen molar-refractivity contribution in [2.24, 2.45) is 0 Å². The zero-order chi connectivity index (χ0) is 35.1. The summed E-state index contributed by atoms with van der Waals surface area (Å²) in [5, 5.41) is 7.67. The number of rotatable bonds is 4. The maximum atomic E-state index is 2.41. The Bertz CT molecular complexity index is 2710. The van der Waals surface area contributed by atoms with Crippen LogP contribution < -0.4 is 9.47 Å². The topological polar surface area (TPSA) is 7.12 Å². The van der Waals surface area contributed by atoms with Gasteiger partial charge >= 0.3 is 0 Å². The summed E-state index contributed by atoms with van der Waals surface area (Å²) >= 11 is 0. The highest BCUT2D eigenvalue weighted by Gasteiger charge is 2.37. The molecule has 0 N–H and O–H groups in total. The molecule has 0 saturated heterocycles. The lowest BCUT2D eigenvalue weighted by Crippen LogP contribution is -2.28. The van der Waals surface area contributed by atoms with Gasteiger partial charge in [0, 0.05) is 46.1 Å². The van der Waals surface area contributed by atoms with Gasteiger partial charge in [-0.2, -0.15) is 4.57 Å². The van der Waals surface area contributed by atoms with Crippen LogP contribution in [-0.4, -0.2) is 0 Å². The summed E-state index contributed by atoms with van der Waals surface area (Å²) in [6.07, 6.45) is 4.25. The minimum Gasteiger partial charge on any atom is -0.310 e. The zero-order valence-corrected chi connectivity index (χ0v) is 29.4. The minimum absolute atomic E-state index is 0.0730. The number of aromatic nitrogens is 1. The summed E-state index contributed by atoms with van der Waals surface area (Å²) in [4.78, 5) is 2.38. The number of benzene rings is 8. The highest BCUT2D eigenvalue weighted by Crippen LogP contribution is 2.53. The molecular weight excluding hydrogens is 629 g/mol. The van der Waals surface area contributed by atoms with E-state index in [0.29, 0.717) is 0 Å². The molecule has 0 spiro atoms. The highest BCUT2D eigenvalue weighted by molar-refractivity contribution is 6.03. The number of para-hydroxylation sites is 2. The third-order valence-corrected chi connectivity index (χ3v) is 10.6. The quantitative estimate of drug-likeness (QED) is 0.169. The Kier molecular flexibility index (Phi) is 7.86. The Balaban J connectivity index is 0.000000187. The lowest BCUT2D eigenvalue weighted by molar-refractivity contribution is -0.594. The van der Waals surface area contributed by atoms with Crippen LogP contribution in [0.3, 0.4) is 0 Å². The highest BCUT2D eigenvalue weighted by atomic mass is 15.1. The molecule has 1 aliphatic rings. The monoisotopic (exact) mass is 667 g/mol. The molecule has 8 aromatic carbocycles. The van der Waals surface area contributed by atoms with Crippen molar-refractivity contribution in [1.29, 1.82) is 0 Å². The summed E-state index contributed by atoms with van der Waals surface area (Å²) in [5.74, 6) is 0. The van der Waals surface area contributed by atoms with Crippen molar-refractivity contribution in [3.05, 3.63) is 212 Å². The number of hydrogen-bond donors (Lipinski definition) is 0. The molecule has 2 heteroatoms. The molecule has 1 aromatic heterocycles. The lowest BCUT2D eigenvalue weighted by Gasteiger charge is -2.28. The lowest BCUT2D eigenvalue weighted by atomic mass is 9.82. The Hall–Kier alpha value is -6.51. The van der Waals surface area contributed by atoms with Crippen LogP contribution in [0.15, 0.2) is 200 Å². The van der Waals surface area contributed by atoms with Gasteiger partial charge in [0.2, 0.25) is 5.69 Å². The Labute approximate surface area is 305 Å². The largest absolute Gasteiger partial charge is 0.310 e. The molecule has 0 bridgehead atoms. The molecule has 10 rings (SSSR count). The van der Waals surface area contributed by atoms with Gasteiger partial charge in [0.1, 0.15) is 0 Å². The number of hydrogen-bond acceptors (Lipinski definition) is 1. The van der Waals surface area contributed by atoms with Crippen molar-refractivity contribution in [3.8, 4) is 16.8 Å². The number of pyridine rings is 1. The van der Waals surface area contributed by atoms with Gasteiger partial charge in [0.15, 0.2) is 12.4 Å². The fourth-order valence-electron chi connectivity index (χ4n) is 7.87. The predicted molar refractivity (Wildman–Crippen MR) is 219 cm³/mol. The fourth-order valence-corrected chi connectivity index (χ4v) is 7.87. The van der Waals surface area contributed by atoms with Crippen LogP contribution in [0.25, 0.3) is 49.1 Å². The van der Waals surface area contributed by atoms with Crippen molar-refractivity contribution in [2.75, 3.05) is 4.90 Å². The smallest absolute Gasteiger partial charge is 0.210 e. The third-order valence-electron chi connectivity index (χ3n) is 10.6. The molecule has 0 radical (unpaired) electrons. The predicted octanol–water partition coefficient (Wildman–Crippen LogP) is 12.9. The summed E-state index contributed by atoms with van der Waals surface area (Å²) < 4.78 is 2.14. The molecule has 0 fully saturated rings. The van der Waals surface area contributed by atoms with Gasteiger partial charge in [0.25, 0.3) is 0 Å².